The van der Waals surface area contributed by atoms with E-state index in [1.165, 1.54) is 0 Å². The van der Waals surface area contributed by atoms with Crippen LogP contribution in [0.4, 0.5) is 0 Å². The van der Waals surface area contributed by atoms with E-state index in [4.69, 9.17) is 27.9 Å². The average Bonchev–Trinajstić information content (AvgIpc) is 3.22. The van der Waals surface area contributed by atoms with Gasteiger partial charge < -0.3 is 4.74 Å². The van der Waals surface area contributed by atoms with Crippen LogP contribution in [0.3, 0.4) is 0 Å². The summed E-state index contributed by atoms with van der Waals surface area (Å²) >= 11 is 11.9. The molecule has 0 aliphatic carbocycles. The Bertz CT molecular complexity index is 1010. The van der Waals surface area contributed by atoms with Crippen LogP contribution in [0.1, 0.15) is 5.69 Å². The number of benzene rings is 2. The lowest BCUT2D eigenvalue weighted by Gasteiger charge is -2.06. The van der Waals surface area contributed by atoms with E-state index in [9.17, 15) is 0 Å². The van der Waals surface area contributed by atoms with Gasteiger partial charge in [-0.2, -0.15) is 5.10 Å². The van der Waals surface area contributed by atoms with Crippen LogP contribution in [0.15, 0.2) is 48.8 Å². The number of H-pyrrole nitrogens is 1. The molecule has 0 fully saturated rings. The predicted molar refractivity (Wildman–Crippen MR) is 91.8 cm³/mol. The van der Waals surface area contributed by atoms with E-state index < -0.39 is 0 Å². The highest BCUT2D eigenvalue weighted by atomic mass is 35.5. The Hall–Kier alpha value is -2.57. The van der Waals surface area contributed by atoms with Crippen molar-refractivity contribution >= 4 is 34.1 Å². The molecule has 4 rings (SSSR count). The quantitative estimate of drug-likeness (QED) is 0.597. The summed E-state index contributed by atoms with van der Waals surface area (Å²) < 4.78 is 7.35. The zero-order valence-corrected chi connectivity index (χ0v) is 13.8. The van der Waals surface area contributed by atoms with E-state index in [0.717, 1.165) is 16.6 Å². The summed E-state index contributed by atoms with van der Waals surface area (Å²) in [6.45, 7) is 0.259. The molecule has 0 atom stereocenters. The van der Waals surface area contributed by atoms with Gasteiger partial charge in [-0.05, 0) is 36.4 Å². The third-order valence-electron chi connectivity index (χ3n) is 3.50. The maximum Gasteiger partial charge on any atom is 0.138 e. The summed E-state index contributed by atoms with van der Waals surface area (Å²) in [6, 6.07) is 10.9. The van der Waals surface area contributed by atoms with Crippen molar-refractivity contribution in [1.29, 1.82) is 0 Å². The maximum absolute atomic E-state index is 6.08. The van der Waals surface area contributed by atoms with Gasteiger partial charge in [-0.25, -0.2) is 4.68 Å². The van der Waals surface area contributed by atoms with E-state index in [1.807, 2.05) is 24.4 Å². The Morgan fingerprint density at radius 2 is 2.04 bits per heavy atom. The van der Waals surface area contributed by atoms with Crippen molar-refractivity contribution < 1.29 is 4.74 Å². The molecule has 0 amide bonds. The first-order chi connectivity index (χ1) is 11.7. The average molecular weight is 360 g/mol. The number of halogens is 2. The van der Waals surface area contributed by atoms with Gasteiger partial charge in [0.25, 0.3) is 0 Å². The highest BCUT2D eigenvalue weighted by Gasteiger charge is 2.07. The number of ether oxygens (including phenoxy) is 1. The van der Waals surface area contributed by atoms with E-state index in [0.29, 0.717) is 21.5 Å². The van der Waals surface area contributed by atoms with E-state index in [2.05, 4.69) is 20.5 Å². The number of rotatable bonds is 4. The fourth-order valence-corrected chi connectivity index (χ4v) is 2.77. The van der Waals surface area contributed by atoms with E-state index in [-0.39, 0.29) is 6.61 Å². The molecule has 2 aromatic carbocycles. The summed E-state index contributed by atoms with van der Waals surface area (Å²) in [7, 11) is 0. The number of fused-ring (bicyclic) bond motifs is 1. The second-order valence-electron chi connectivity index (χ2n) is 5.16. The Balaban J connectivity index is 1.52. The molecule has 0 saturated heterocycles. The molecule has 120 valence electrons. The molecule has 8 heteroatoms. The predicted octanol–water partition coefficient (Wildman–Crippen LogP) is 4.03. The van der Waals surface area contributed by atoms with Gasteiger partial charge in [0.1, 0.15) is 18.1 Å². The fourth-order valence-electron chi connectivity index (χ4n) is 2.31. The van der Waals surface area contributed by atoms with E-state index >= 15 is 0 Å². The van der Waals surface area contributed by atoms with Crippen LogP contribution < -0.4 is 4.74 Å². The minimum atomic E-state index is 0.259. The Morgan fingerprint density at radius 1 is 1.12 bits per heavy atom. The van der Waals surface area contributed by atoms with Crippen LogP contribution in [0.2, 0.25) is 10.0 Å². The van der Waals surface area contributed by atoms with Crippen LogP contribution in [0.5, 0.6) is 5.75 Å². The van der Waals surface area contributed by atoms with Crippen molar-refractivity contribution in [3.05, 3.63) is 64.5 Å². The van der Waals surface area contributed by atoms with E-state index in [1.54, 1.807) is 29.1 Å². The van der Waals surface area contributed by atoms with Gasteiger partial charge in [-0.15, -0.1) is 5.10 Å². The van der Waals surface area contributed by atoms with Gasteiger partial charge in [0.2, 0.25) is 0 Å². The van der Waals surface area contributed by atoms with Gasteiger partial charge in [-0.1, -0.05) is 28.4 Å². The van der Waals surface area contributed by atoms with Crippen LogP contribution in [0.25, 0.3) is 16.6 Å². The lowest BCUT2D eigenvalue weighted by atomic mass is 10.2. The van der Waals surface area contributed by atoms with Crippen LogP contribution in [-0.2, 0) is 6.61 Å². The molecule has 0 aliphatic rings. The Labute approximate surface area is 147 Å². The zero-order chi connectivity index (χ0) is 16.5. The molecule has 0 unspecified atom stereocenters. The summed E-state index contributed by atoms with van der Waals surface area (Å²) in [5.74, 6) is 0.551. The first kappa shape index (κ1) is 15.0. The van der Waals surface area contributed by atoms with Crippen molar-refractivity contribution in [2.45, 2.75) is 6.61 Å². The molecule has 2 aromatic heterocycles. The molecule has 0 saturated carbocycles. The van der Waals surface area contributed by atoms with Crippen LogP contribution in [-0.4, -0.2) is 25.2 Å². The minimum Gasteiger partial charge on any atom is -0.486 e. The number of hydrogen-bond donors (Lipinski definition) is 1. The number of aromatic amines is 1. The number of nitrogens with zero attached hydrogens (tertiary/aromatic N) is 4. The number of nitrogens with one attached hydrogen (secondary N) is 1. The van der Waals surface area contributed by atoms with Gasteiger partial charge >= 0.3 is 0 Å². The third kappa shape index (κ3) is 2.93. The topological polar surface area (TPSA) is 68.6 Å². The molecule has 0 spiro atoms. The summed E-state index contributed by atoms with van der Waals surface area (Å²) in [4.78, 5) is 0. The largest absolute Gasteiger partial charge is 0.486 e. The van der Waals surface area contributed by atoms with Gasteiger partial charge in [0.15, 0.2) is 0 Å². The highest BCUT2D eigenvalue weighted by molar-refractivity contribution is 6.35. The minimum absolute atomic E-state index is 0.259. The fraction of sp³-hybridized carbons (Fsp3) is 0.0625. The molecule has 0 radical (unpaired) electrons. The van der Waals surface area contributed by atoms with Crippen molar-refractivity contribution in [1.82, 2.24) is 25.2 Å². The lowest BCUT2D eigenvalue weighted by Crippen LogP contribution is -1.96. The summed E-state index contributed by atoms with van der Waals surface area (Å²) in [5.41, 5.74) is 2.56. The van der Waals surface area contributed by atoms with Gasteiger partial charge in [-0.3, -0.25) is 5.10 Å². The summed E-state index contributed by atoms with van der Waals surface area (Å²) in [6.07, 6.45) is 3.58. The molecule has 0 aliphatic heterocycles. The lowest BCUT2D eigenvalue weighted by molar-refractivity contribution is 0.301. The highest BCUT2D eigenvalue weighted by Crippen LogP contribution is 2.28. The molecule has 4 aromatic rings. The SMILES string of the molecule is Clc1ccc(OCc2cn(-c3ccc4[nH]ncc4c3)nn2)c(Cl)c1. The molecule has 1 N–H and O–H groups in total. The van der Waals surface area contributed by atoms with Crippen molar-refractivity contribution in [2.75, 3.05) is 0 Å². The molecule has 6 nitrogen and oxygen atoms in total. The molecule has 0 bridgehead atoms. The number of hydrogen-bond acceptors (Lipinski definition) is 4. The maximum atomic E-state index is 6.08. The van der Waals surface area contributed by atoms with Crippen molar-refractivity contribution in [3.8, 4) is 11.4 Å². The zero-order valence-electron chi connectivity index (χ0n) is 12.3. The van der Waals surface area contributed by atoms with Crippen LogP contribution >= 0.6 is 23.2 Å². The molecule has 2 heterocycles. The molecular formula is C16H11Cl2N5O. The van der Waals surface area contributed by atoms with Crippen molar-refractivity contribution in [2.24, 2.45) is 0 Å². The Morgan fingerprint density at radius 3 is 2.92 bits per heavy atom. The standard InChI is InChI=1S/C16H11Cl2N5O/c17-11-1-4-16(14(18)6-11)24-9-12-8-23(22-20-12)13-2-3-15-10(5-13)7-19-21-15/h1-8H,9H2,(H,19,21). The molecule has 24 heavy (non-hydrogen) atoms. The monoisotopic (exact) mass is 359 g/mol. The molecular weight excluding hydrogens is 349 g/mol. The first-order valence-electron chi connectivity index (χ1n) is 7.11. The summed E-state index contributed by atoms with van der Waals surface area (Å²) in [5, 5.41) is 17.2. The smallest absolute Gasteiger partial charge is 0.138 e. The normalized spacial score (nSPS) is 11.1. The number of aromatic nitrogens is 5. The van der Waals surface area contributed by atoms with Crippen LogP contribution in [0, 0.1) is 0 Å². The van der Waals surface area contributed by atoms with Crippen molar-refractivity contribution in [3.63, 3.8) is 0 Å². The second kappa shape index (κ2) is 6.14. The Kier molecular flexibility index (Phi) is 3.84. The van der Waals surface area contributed by atoms with Gasteiger partial charge in [0, 0.05) is 10.4 Å². The first-order valence-corrected chi connectivity index (χ1v) is 7.87. The third-order valence-corrected chi connectivity index (χ3v) is 4.03. The van der Waals surface area contributed by atoms with Gasteiger partial charge in [0.05, 0.1) is 28.6 Å². The second-order valence-corrected chi connectivity index (χ2v) is 6.00.